The molecule has 2 fully saturated rings. The summed E-state index contributed by atoms with van der Waals surface area (Å²) in [6.07, 6.45) is 0. The van der Waals surface area contributed by atoms with E-state index in [0.717, 1.165) is 11.1 Å². The molecule has 3 atom stereocenters. The molecule has 0 spiro atoms. The number of aliphatic hydroxyl groups is 1. The van der Waals surface area contributed by atoms with Crippen LogP contribution in [0.1, 0.15) is 28.2 Å². The SMILES string of the molecule is O=C1CN(S(=O)(=O)Cc2ccccc2)C[C@H]2[C@@H](c3ccc(C#Cc4ccc(F)cc4)cc3)[C@@H](CO)N12. The molecule has 2 aliphatic rings. The zero-order valence-corrected chi connectivity index (χ0v) is 20.2. The molecule has 0 bridgehead atoms. The van der Waals surface area contributed by atoms with Crippen LogP contribution in [0.3, 0.4) is 0 Å². The molecular weight excluding hydrogens is 479 g/mol. The van der Waals surface area contributed by atoms with Crippen LogP contribution in [0, 0.1) is 17.7 Å². The molecule has 184 valence electrons. The highest BCUT2D eigenvalue weighted by Gasteiger charge is 2.55. The molecule has 8 heteroatoms. The lowest BCUT2D eigenvalue weighted by molar-refractivity contribution is -0.158. The molecule has 0 radical (unpaired) electrons. The number of hydrogen-bond acceptors (Lipinski definition) is 4. The topological polar surface area (TPSA) is 77.9 Å². The van der Waals surface area contributed by atoms with Crippen molar-refractivity contribution >= 4 is 15.9 Å². The average Bonchev–Trinajstić information content (AvgIpc) is 2.86. The Balaban J connectivity index is 1.34. The van der Waals surface area contributed by atoms with E-state index in [1.54, 1.807) is 41.3 Å². The molecule has 1 amide bonds. The van der Waals surface area contributed by atoms with Gasteiger partial charge in [0.2, 0.25) is 15.9 Å². The average molecular weight is 505 g/mol. The monoisotopic (exact) mass is 504 g/mol. The Morgan fingerprint density at radius 2 is 1.53 bits per heavy atom. The summed E-state index contributed by atoms with van der Waals surface area (Å²) in [6, 6.07) is 21.6. The third-order valence-corrected chi connectivity index (χ3v) is 8.56. The highest BCUT2D eigenvalue weighted by Crippen LogP contribution is 2.43. The number of benzene rings is 3. The zero-order valence-electron chi connectivity index (χ0n) is 19.4. The van der Waals surface area contributed by atoms with Crippen molar-refractivity contribution in [1.82, 2.24) is 9.21 Å². The van der Waals surface area contributed by atoms with Gasteiger partial charge in [-0.1, -0.05) is 54.3 Å². The third-order valence-electron chi connectivity index (χ3n) is 6.80. The number of halogens is 1. The molecular formula is C28H25FN2O4S. The van der Waals surface area contributed by atoms with E-state index in [9.17, 15) is 22.7 Å². The number of carbonyl (C=O) groups is 1. The molecule has 1 N–H and O–H groups in total. The number of aliphatic hydroxyl groups excluding tert-OH is 1. The molecule has 0 unspecified atom stereocenters. The van der Waals surface area contributed by atoms with Crippen LogP contribution in [-0.4, -0.2) is 60.4 Å². The Kier molecular flexibility index (Phi) is 6.63. The van der Waals surface area contributed by atoms with Gasteiger partial charge in [-0.25, -0.2) is 12.8 Å². The molecule has 0 saturated carbocycles. The van der Waals surface area contributed by atoms with E-state index in [1.165, 1.54) is 16.4 Å². The van der Waals surface area contributed by atoms with Gasteiger partial charge in [-0.3, -0.25) is 4.79 Å². The normalized spacial score (nSPS) is 21.8. The van der Waals surface area contributed by atoms with Crippen molar-refractivity contribution in [2.75, 3.05) is 19.7 Å². The van der Waals surface area contributed by atoms with E-state index < -0.39 is 16.1 Å². The first kappa shape index (κ1) is 24.2. The summed E-state index contributed by atoms with van der Waals surface area (Å²) < 4.78 is 40.5. The molecule has 36 heavy (non-hydrogen) atoms. The van der Waals surface area contributed by atoms with E-state index >= 15 is 0 Å². The maximum Gasteiger partial charge on any atom is 0.238 e. The summed E-state index contributed by atoms with van der Waals surface area (Å²) in [6.45, 7) is -0.225. The van der Waals surface area contributed by atoms with Gasteiger partial charge in [0.25, 0.3) is 0 Å². The Morgan fingerprint density at radius 3 is 2.14 bits per heavy atom. The second-order valence-corrected chi connectivity index (χ2v) is 11.0. The fraction of sp³-hybridized carbons (Fsp3) is 0.250. The minimum absolute atomic E-state index is 0.163. The van der Waals surface area contributed by atoms with Gasteiger partial charge >= 0.3 is 0 Å². The van der Waals surface area contributed by atoms with Crippen LogP contribution in [0.2, 0.25) is 0 Å². The molecule has 6 nitrogen and oxygen atoms in total. The van der Waals surface area contributed by atoms with Gasteiger partial charge in [-0.2, -0.15) is 4.31 Å². The highest BCUT2D eigenvalue weighted by molar-refractivity contribution is 7.88. The lowest BCUT2D eigenvalue weighted by Gasteiger charge is -2.58. The van der Waals surface area contributed by atoms with Gasteiger partial charge in [0, 0.05) is 23.6 Å². The van der Waals surface area contributed by atoms with Gasteiger partial charge in [0.1, 0.15) is 5.82 Å². The summed E-state index contributed by atoms with van der Waals surface area (Å²) >= 11 is 0. The van der Waals surface area contributed by atoms with Crippen molar-refractivity contribution in [2.45, 2.75) is 23.8 Å². The number of rotatable bonds is 5. The lowest BCUT2D eigenvalue weighted by Crippen LogP contribution is -2.73. The maximum absolute atomic E-state index is 13.1. The van der Waals surface area contributed by atoms with E-state index in [0.29, 0.717) is 11.1 Å². The van der Waals surface area contributed by atoms with Crippen molar-refractivity contribution in [1.29, 1.82) is 0 Å². The van der Waals surface area contributed by atoms with Gasteiger partial charge < -0.3 is 10.0 Å². The number of carbonyl (C=O) groups excluding carboxylic acids is 1. The summed E-state index contributed by atoms with van der Waals surface area (Å²) in [7, 11) is -3.68. The van der Waals surface area contributed by atoms with Crippen molar-refractivity contribution in [3.63, 3.8) is 0 Å². The van der Waals surface area contributed by atoms with Crippen LogP contribution in [0.5, 0.6) is 0 Å². The Hall–Kier alpha value is -3.51. The first-order valence-electron chi connectivity index (χ1n) is 11.7. The maximum atomic E-state index is 13.1. The summed E-state index contributed by atoms with van der Waals surface area (Å²) in [4.78, 5) is 14.5. The van der Waals surface area contributed by atoms with Crippen LogP contribution in [0.25, 0.3) is 0 Å². The Morgan fingerprint density at radius 1 is 0.917 bits per heavy atom. The van der Waals surface area contributed by atoms with E-state index in [1.807, 2.05) is 30.3 Å². The van der Waals surface area contributed by atoms with Gasteiger partial charge in [0.05, 0.1) is 31.0 Å². The number of sulfonamides is 1. The number of nitrogens with zero attached hydrogens (tertiary/aromatic N) is 2. The largest absolute Gasteiger partial charge is 0.394 e. The van der Waals surface area contributed by atoms with Crippen molar-refractivity contribution in [3.05, 3.63) is 107 Å². The predicted octanol–water partition coefficient (Wildman–Crippen LogP) is 2.73. The fourth-order valence-corrected chi connectivity index (χ4v) is 6.51. The fourth-order valence-electron chi connectivity index (χ4n) is 5.02. The van der Waals surface area contributed by atoms with Gasteiger partial charge in [-0.15, -0.1) is 0 Å². The molecule has 5 rings (SSSR count). The molecule has 0 aliphatic carbocycles. The van der Waals surface area contributed by atoms with E-state index in [2.05, 4.69) is 11.8 Å². The molecule has 0 aromatic heterocycles. The molecule has 2 aliphatic heterocycles. The van der Waals surface area contributed by atoms with E-state index in [-0.39, 0.29) is 49.1 Å². The van der Waals surface area contributed by atoms with Crippen molar-refractivity contribution < 1.29 is 22.7 Å². The third kappa shape index (κ3) is 4.78. The lowest BCUT2D eigenvalue weighted by atomic mass is 9.74. The molecule has 3 aromatic rings. The van der Waals surface area contributed by atoms with Crippen LogP contribution in [0.4, 0.5) is 4.39 Å². The van der Waals surface area contributed by atoms with E-state index in [4.69, 9.17) is 0 Å². The van der Waals surface area contributed by atoms with Crippen LogP contribution >= 0.6 is 0 Å². The first-order valence-corrected chi connectivity index (χ1v) is 13.3. The molecule has 3 aromatic carbocycles. The van der Waals surface area contributed by atoms with Crippen LogP contribution in [-0.2, 0) is 20.6 Å². The van der Waals surface area contributed by atoms with Crippen molar-refractivity contribution in [2.24, 2.45) is 0 Å². The van der Waals surface area contributed by atoms with Crippen LogP contribution < -0.4 is 0 Å². The molecule has 2 heterocycles. The summed E-state index contributed by atoms with van der Waals surface area (Å²) in [5, 5.41) is 10.0. The smallest absolute Gasteiger partial charge is 0.238 e. The minimum Gasteiger partial charge on any atom is -0.394 e. The number of hydrogen-bond donors (Lipinski definition) is 1. The zero-order chi connectivity index (χ0) is 25.3. The highest BCUT2D eigenvalue weighted by atomic mass is 32.2. The summed E-state index contributed by atoms with van der Waals surface area (Å²) in [5.41, 5.74) is 3.06. The molecule has 2 saturated heterocycles. The Labute approximate surface area is 210 Å². The van der Waals surface area contributed by atoms with Gasteiger partial charge in [-0.05, 0) is 47.5 Å². The minimum atomic E-state index is -3.68. The van der Waals surface area contributed by atoms with Crippen molar-refractivity contribution in [3.8, 4) is 11.8 Å². The second kappa shape index (κ2) is 9.86. The quantitative estimate of drug-likeness (QED) is 0.542. The predicted molar refractivity (Wildman–Crippen MR) is 134 cm³/mol. The van der Waals surface area contributed by atoms with Crippen LogP contribution in [0.15, 0.2) is 78.9 Å². The summed E-state index contributed by atoms with van der Waals surface area (Å²) in [5.74, 6) is 5.09. The number of piperazine rings is 1. The second-order valence-electron chi connectivity index (χ2n) is 9.06. The number of fused-ring (bicyclic) bond motifs is 1. The standard InChI is InChI=1S/C28H25FN2O4S/c29-24-14-10-21(11-15-24)7-6-20-8-12-23(13-9-20)28-25-16-30(17-27(33)31(25)26(28)18-32)36(34,35)19-22-4-2-1-3-5-22/h1-5,8-15,25-26,28,32H,16-19H2/t25-,26+,28+/m0/s1. The Bertz CT molecular complexity index is 1410. The van der Waals surface area contributed by atoms with Gasteiger partial charge in [0.15, 0.2) is 0 Å². The first-order chi connectivity index (χ1) is 17.4. The number of amides is 1.